The van der Waals surface area contributed by atoms with E-state index in [-0.39, 0.29) is 18.6 Å². The summed E-state index contributed by atoms with van der Waals surface area (Å²) in [6.07, 6.45) is 0. The van der Waals surface area contributed by atoms with Gasteiger partial charge in [0, 0.05) is 11.7 Å². The summed E-state index contributed by atoms with van der Waals surface area (Å²) < 4.78 is 4.53. The van der Waals surface area contributed by atoms with Gasteiger partial charge in [0.1, 0.15) is 0 Å². The number of rotatable bonds is 4. The maximum absolute atomic E-state index is 10.9. The number of nitrogens with one attached hydrogen (secondary N) is 1. The van der Waals surface area contributed by atoms with Crippen LogP contribution in [-0.4, -0.2) is 19.6 Å². The molecule has 4 nitrogen and oxygen atoms in total. The van der Waals surface area contributed by atoms with E-state index in [1.165, 1.54) is 7.11 Å². The van der Waals surface area contributed by atoms with Gasteiger partial charge >= 0.3 is 5.97 Å². The molecule has 0 fully saturated rings. The highest BCUT2D eigenvalue weighted by Crippen LogP contribution is 2.18. The van der Waals surface area contributed by atoms with Crippen LogP contribution in [0.4, 0.5) is 5.69 Å². The molecule has 0 saturated carbocycles. The van der Waals surface area contributed by atoms with E-state index in [2.05, 4.69) is 10.1 Å². The fraction of sp³-hybridized carbons (Fsp3) is 0.364. The van der Waals surface area contributed by atoms with E-state index in [4.69, 9.17) is 5.73 Å². The Labute approximate surface area is 89.4 Å². The number of anilines is 1. The summed E-state index contributed by atoms with van der Waals surface area (Å²) in [5.41, 5.74) is 7.52. The second-order valence-electron chi connectivity index (χ2n) is 3.31. The standard InChI is InChI=1S/C11H16N2O2/c1-8(13-7-11(14)15-2)9-5-3-4-6-10(9)12/h3-6,8,13H,7,12H2,1-2H3. The summed E-state index contributed by atoms with van der Waals surface area (Å²) >= 11 is 0. The van der Waals surface area contributed by atoms with Crippen LogP contribution in [-0.2, 0) is 9.53 Å². The van der Waals surface area contributed by atoms with Crippen molar-refractivity contribution in [2.24, 2.45) is 0 Å². The first-order valence-electron chi connectivity index (χ1n) is 4.79. The fourth-order valence-corrected chi connectivity index (χ4v) is 1.32. The molecule has 1 atom stereocenters. The SMILES string of the molecule is COC(=O)CNC(C)c1ccccc1N. The minimum atomic E-state index is -0.281. The molecule has 0 saturated heterocycles. The van der Waals surface area contributed by atoms with Crippen LogP contribution in [0.25, 0.3) is 0 Å². The normalized spacial score (nSPS) is 12.1. The number of esters is 1. The molecular formula is C11H16N2O2. The van der Waals surface area contributed by atoms with Gasteiger partial charge in [0.25, 0.3) is 0 Å². The molecule has 1 aromatic carbocycles. The average molecular weight is 208 g/mol. The number of benzene rings is 1. The molecule has 4 heteroatoms. The summed E-state index contributed by atoms with van der Waals surface area (Å²) in [6, 6.07) is 7.61. The van der Waals surface area contributed by atoms with Gasteiger partial charge < -0.3 is 15.8 Å². The summed E-state index contributed by atoms with van der Waals surface area (Å²) in [6.45, 7) is 2.14. The molecule has 0 aliphatic carbocycles. The van der Waals surface area contributed by atoms with Crippen LogP contribution >= 0.6 is 0 Å². The van der Waals surface area contributed by atoms with Gasteiger partial charge in [-0.05, 0) is 18.6 Å². The van der Waals surface area contributed by atoms with Crippen molar-refractivity contribution in [3.63, 3.8) is 0 Å². The number of nitrogen functional groups attached to an aromatic ring is 1. The van der Waals surface area contributed by atoms with Gasteiger partial charge in [-0.15, -0.1) is 0 Å². The lowest BCUT2D eigenvalue weighted by atomic mass is 10.1. The zero-order chi connectivity index (χ0) is 11.3. The molecule has 0 bridgehead atoms. The first-order chi connectivity index (χ1) is 7.15. The second-order valence-corrected chi connectivity index (χ2v) is 3.31. The Morgan fingerprint density at radius 2 is 2.20 bits per heavy atom. The molecule has 0 radical (unpaired) electrons. The molecule has 1 rings (SSSR count). The van der Waals surface area contributed by atoms with Gasteiger partial charge in [-0.3, -0.25) is 4.79 Å². The summed E-state index contributed by atoms with van der Waals surface area (Å²) in [4.78, 5) is 10.9. The molecule has 15 heavy (non-hydrogen) atoms. The maximum atomic E-state index is 10.9. The van der Waals surface area contributed by atoms with E-state index in [0.717, 1.165) is 11.3 Å². The molecule has 0 heterocycles. The van der Waals surface area contributed by atoms with E-state index in [9.17, 15) is 4.79 Å². The lowest BCUT2D eigenvalue weighted by Gasteiger charge is -2.15. The smallest absolute Gasteiger partial charge is 0.319 e. The Kier molecular flexibility index (Phi) is 4.12. The molecule has 0 spiro atoms. The van der Waals surface area contributed by atoms with Crippen LogP contribution in [0.15, 0.2) is 24.3 Å². The number of hydrogen-bond donors (Lipinski definition) is 2. The van der Waals surface area contributed by atoms with Crippen LogP contribution in [0.2, 0.25) is 0 Å². The Bertz CT molecular complexity index is 339. The number of carbonyl (C=O) groups excluding carboxylic acids is 1. The van der Waals surface area contributed by atoms with Gasteiger partial charge in [0.2, 0.25) is 0 Å². The van der Waals surface area contributed by atoms with Crippen molar-refractivity contribution < 1.29 is 9.53 Å². The van der Waals surface area contributed by atoms with Crippen LogP contribution in [0.3, 0.4) is 0 Å². The molecular weight excluding hydrogens is 192 g/mol. The zero-order valence-electron chi connectivity index (χ0n) is 8.99. The van der Waals surface area contributed by atoms with Gasteiger partial charge in [-0.2, -0.15) is 0 Å². The number of ether oxygens (including phenoxy) is 1. The fourth-order valence-electron chi connectivity index (χ4n) is 1.32. The van der Waals surface area contributed by atoms with E-state index in [1.807, 2.05) is 31.2 Å². The van der Waals surface area contributed by atoms with Crippen molar-refractivity contribution in [1.29, 1.82) is 0 Å². The van der Waals surface area contributed by atoms with Crippen molar-refractivity contribution in [3.8, 4) is 0 Å². The van der Waals surface area contributed by atoms with Crippen LogP contribution in [0.1, 0.15) is 18.5 Å². The second kappa shape index (κ2) is 5.36. The highest BCUT2D eigenvalue weighted by atomic mass is 16.5. The molecule has 0 aliphatic heterocycles. The van der Waals surface area contributed by atoms with Crippen LogP contribution in [0, 0.1) is 0 Å². The van der Waals surface area contributed by atoms with E-state index in [0.29, 0.717) is 0 Å². The van der Waals surface area contributed by atoms with Gasteiger partial charge in [0.15, 0.2) is 0 Å². The molecule has 3 N–H and O–H groups in total. The summed E-state index contributed by atoms with van der Waals surface area (Å²) in [7, 11) is 1.37. The first kappa shape index (κ1) is 11.5. The van der Waals surface area contributed by atoms with Gasteiger partial charge in [-0.1, -0.05) is 18.2 Å². The predicted octanol–water partition coefficient (Wildman–Crippen LogP) is 1.09. The van der Waals surface area contributed by atoms with Crippen LogP contribution in [0.5, 0.6) is 0 Å². The Balaban J connectivity index is 2.57. The first-order valence-corrected chi connectivity index (χ1v) is 4.79. The number of methoxy groups -OCH3 is 1. The largest absolute Gasteiger partial charge is 0.468 e. The number of hydrogen-bond acceptors (Lipinski definition) is 4. The number of carbonyl (C=O) groups is 1. The minimum absolute atomic E-state index is 0.0327. The average Bonchev–Trinajstić information content (AvgIpc) is 2.26. The van der Waals surface area contributed by atoms with Gasteiger partial charge in [-0.25, -0.2) is 0 Å². The third-order valence-electron chi connectivity index (χ3n) is 2.24. The predicted molar refractivity (Wildman–Crippen MR) is 59.3 cm³/mol. The number of para-hydroxylation sites is 1. The Hall–Kier alpha value is -1.55. The maximum Gasteiger partial charge on any atom is 0.319 e. The zero-order valence-corrected chi connectivity index (χ0v) is 8.99. The molecule has 1 unspecified atom stereocenters. The van der Waals surface area contributed by atoms with E-state index in [1.54, 1.807) is 0 Å². The Morgan fingerprint density at radius 3 is 2.80 bits per heavy atom. The lowest BCUT2D eigenvalue weighted by molar-refractivity contribution is -0.139. The quantitative estimate of drug-likeness (QED) is 0.574. The summed E-state index contributed by atoms with van der Waals surface area (Å²) in [5, 5.41) is 3.04. The molecule has 1 aromatic rings. The van der Waals surface area contributed by atoms with Crippen molar-refractivity contribution in [1.82, 2.24) is 5.32 Å². The molecule has 82 valence electrons. The minimum Gasteiger partial charge on any atom is -0.468 e. The van der Waals surface area contributed by atoms with Crippen molar-refractivity contribution in [2.45, 2.75) is 13.0 Å². The van der Waals surface area contributed by atoms with Crippen LogP contribution < -0.4 is 11.1 Å². The molecule has 0 aliphatic rings. The summed E-state index contributed by atoms with van der Waals surface area (Å²) in [5.74, 6) is -0.281. The third kappa shape index (κ3) is 3.25. The lowest BCUT2D eigenvalue weighted by Crippen LogP contribution is -2.27. The van der Waals surface area contributed by atoms with E-state index >= 15 is 0 Å². The topological polar surface area (TPSA) is 64.3 Å². The highest BCUT2D eigenvalue weighted by molar-refractivity contribution is 5.71. The number of nitrogens with two attached hydrogens (primary N) is 1. The Morgan fingerprint density at radius 1 is 1.53 bits per heavy atom. The van der Waals surface area contributed by atoms with Crippen molar-refractivity contribution in [3.05, 3.63) is 29.8 Å². The van der Waals surface area contributed by atoms with E-state index < -0.39 is 0 Å². The molecule has 0 amide bonds. The van der Waals surface area contributed by atoms with Crippen molar-refractivity contribution in [2.75, 3.05) is 19.4 Å². The van der Waals surface area contributed by atoms with Crippen molar-refractivity contribution >= 4 is 11.7 Å². The highest BCUT2D eigenvalue weighted by Gasteiger charge is 2.09. The van der Waals surface area contributed by atoms with Gasteiger partial charge in [0.05, 0.1) is 13.7 Å². The monoisotopic (exact) mass is 208 g/mol. The molecule has 0 aromatic heterocycles. The third-order valence-corrected chi connectivity index (χ3v) is 2.24.